The molecule has 0 spiro atoms. The van der Waals surface area contributed by atoms with E-state index in [-0.39, 0.29) is 0 Å². The maximum atomic E-state index is 6.46. The van der Waals surface area contributed by atoms with Crippen LogP contribution >= 0.6 is 0 Å². The molecule has 3 atom stereocenters. The highest BCUT2D eigenvalue weighted by molar-refractivity contribution is 6.69. The summed E-state index contributed by atoms with van der Waals surface area (Å²) in [5, 5.41) is 0. The van der Waals surface area contributed by atoms with Gasteiger partial charge in [0, 0.05) is 6.10 Å². The molecule has 0 N–H and O–H groups in total. The number of fused-ring (bicyclic) bond motifs is 1. The third kappa shape index (κ3) is 2.53. The van der Waals surface area contributed by atoms with E-state index in [1.165, 1.54) is 32.1 Å². The summed E-state index contributed by atoms with van der Waals surface area (Å²) in [6, 6.07) is 0. The number of hydrogen-bond donors (Lipinski definition) is 0. The van der Waals surface area contributed by atoms with E-state index < -0.39 is 8.32 Å². The van der Waals surface area contributed by atoms with Gasteiger partial charge in [0.15, 0.2) is 8.32 Å². The molecule has 0 bridgehead atoms. The maximum absolute atomic E-state index is 6.46. The van der Waals surface area contributed by atoms with Crippen molar-refractivity contribution in [3.05, 3.63) is 11.6 Å². The summed E-state index contributed by atoms with van der Waals surface area (Å²) in [4.78, 5) is 0. The van der Waals surface area contributed by atoms with Crippen LogP contribution in [-0.2, 0) is 4.43 Å². The Bertz CT molecular complexity index is 315. The van der Waals surface area contributed by atoms with Crippen molar-refractivity contribution in [2.75, 3.05) is 0 Å². The Labute approximate surface area is 108 Å². The van der Waals surface area contributed by atoms with Crippen LogP contribution in [0.1, 0.15) is 46.0 Å². The first-order chi connectivity index (χ1) is 7.87. The van der Waals surface area contributed by atoms with Gasteiger partial charge >= 0.3 is 0 Å². The third-order valence-corrected chi connectivity index (χ3v) is 5.77. The fourth-order valence-corrected chi connectivity index (χ4v) is 5.23. The van der Waals surface area contributed by atoms with Crippen molar-refractivity contribution in [2.45, 2.75) is 71.7 Å². The molecule has 0 unspecified atom stereocenters. The summed E-state index contributed by atoms with van der Waals surface area (Å²) >= 11 is 0. The fraction of sp³-hybridized carbons (Fsp3) is 0.867. The molecule has 2 saturated carbocycles. The van der Waals surface area contributed by atoms with E-state index in [1.807, 2.05) is 0 Å². The number of allylic oxidation sites excluding steroid dienone is 2. The topological polar surface area (TPSA) is 9.23 Å². The maximum Gasteiger partial charge on any atom is 0.184 e. The van der Waals surface area contributed by atoms with Gasteiger partial charge in [-0.15, -0.1) is 0 Å². The summed E-state index contributed by atoms with van der Waals surface area (Å²) in [7, 11) is -1.39. The monoisotopic (exact) mass is 252 g/mol. The molecule has 0 amide bonds. The molecule has 98 valence electrons. The Morgan fingerprint density at radius 3 is 2.59 bits per heavy atom. The molecule has 17 heavy (non-hydrogen) atoms. The molecule has 0 heterocycles. The molecule has 0 radical (unpaired) electrons. The van der Waals surface area contributed by atoms with Crippen LogP contribution in [-0.4, -0.2) is 14.4 Å². The Morgan fingerprint density at radius 1 is 1.29 bits per heavy atom. The van der Waals surface area contributed by atoms with Crippen LogP contribution in [0.2, 0.25) is 19.6 Å². The van der Waals surface area contributed by atoms with Gasteiger partial charge in [0.2, 0.25) is 0 Å². The largest absolute Gasteiger partial charge is 0.414 e. The lowest BCUT2D eigenvalue weighted by Gasteiger charge is -2.44. The highest BCUT2D eigenvalue weighted by atomic mass is 28.4. The van der Waals surface area contributed by atoms with Gasteiger partial charge in [0.05, 0.1) is 0 Å². The second kappa shape index (κ2) is 4.54. The van der Waals surface area contributed by atoms with E-state index in [2.05, 4.69) is 39.6 Å². The van der Waals surface area contributed by atoms with E-state index in [0.717, 1.165) is 5.92 Å². The first kappa shape index (κ1) is 13.4. The SMILES string of the molecule is C/C=C1\CC[C@H]2[C@@H](O[Si](C)(C)C)CCC[C@]12C. The fourth-order valence-electron chi connectivity index (χ4n) is 4.04. The van der Waals surface area contributed by atoms with Gasteiger partial charge in [-0.2, -0.15) is 0 Å². The molecule has 1 nitrogen and oxygen atoms in total. The Morgan fingerprint density at radius 2 is 2.00 bits per heavy atom. The van der Waals surface area contributed by atoms with E-state index in [4.69, 9.17) is 4.43 Å². The quantitative estimate of drug-likeness (QED) is 0.509. The standard InChI is InChI=1S/C15H28OSi/c1-6-12-9-10-13-14(16-17(3,4)5)8-7-11-15(12,13)2/h6,13-14H,7-11H2,1-5H3/b12-6+/t13-,14-,15+/m0/s1. The molecule has 0 aromatic rings. The van der Waals surface area contributed by atoms with Gasteiger partial charge in [0.1, 0.15) is 0 Å². The molecule has 0 saturated heterocycles. The lowest BCUT2D eigenvalue weighted by Crippen LogP contribution is -2.43. The predicted molar refractivity (Wildman–Crippen MR) is 76.7 cm³/mol. The van der Waals surface area contributed by atoms with Gasteiger partial charge in [-0.25, -0.2) is 0 Å². The summed E-state index contributed by atoms with van der Waals surface area (Å²) < 4.78 is 6.46. The zero-order valence-corrected chi connectivity index (χ0v) is 13.2. The lowest BCUT2D eigenvalue weighted by molar-refractivity contribution is 0.0276. The van der Waals surface area contributed by atoms with Crippen LogP contribution in [0.4, 0.5) is 0 Å². The molecule has 0 aromatic carbocycles. The molecule has 2 aliphatic carbocycles. The van der Waals surface area contributed by atoms with Crippen molar-refractivity contribution in [3.63, 3.8) is 0 Å². The Hall–Kier alpha value is -0.0831. The van der Waals surface area contributed by atoms with E-state index in [1.54, 1.807) is 5.57 Å². The molecule has 2 fully saturated rings. The molecular formula is C15H28OSi. The second-order valence-electron chi connectivity index (χ2n) is 7.04. The van der Waals surface area contributed by atoms with E-state index in [9.17, 15) is 0 Å². The zero-order chi connectivity index (χ0) is 12.7. The van der Waals surface area contributed by atoms with Crippen molar-refractivity contribution in [2.24, 2.45) is 11.3 Å². The Kier molecular flexibility index (Phi) is 3.57. The minimum absolute atomic E-state index is 0.456. The van der Waals surface area contributed by atoms with Gasteiger partial charge in [-0.1, -0.05) is 25.0 Å². The molecule has 2 aliphatic rings. The van der Waals surface area contributed by atoms with Gasteiger partial charge in [-0.3, -0.25) is 0 Å². The highest BCUT2D eigenvalue weighted by Crippen LogP contribution is 2.56. The normalized spacial score (nSPS) is 40.6. The van der Waals surface area contributed by atoms with E-state index >= 15 is 0 Å². The smallest absolute Gasteiger partial charge is 0.184 e. The van der Waals surface area contributed by atoms with Crippen LogP contribution in [0.25, 0.3) is 0 Å². The molecule has 0 aromatic heterocycles. The number of hydrogen-bond acceptors (Lipinski definition) is 1. The van der Waals surface area contributed by atoms with Gasteiger partial charge in [-0.05, 0) is 63.6 Å². The van der Waals surface area contributed by atoms with Crippen LogP contribution in [0.5, 0.6) is 0 Å². The summed E-state index contributed by atoms with van der Waals surface area (Å²) in [6.45, 7) is 11.7. The summed E-state index contributed by atoms with van der Waals surface area (Å²) in [5.74, 6) is 0.786. The highest BCUT2D eigenvalue weighted by Gasteiger charge is 2.49. The minimum atomic E-state index is -1.39. The second-order valence-corrected chi connectivity index (χ2v) is 11.5. The van der Waals surface area contributed by atoms with Crippen molar-refractivity contribution >= 4 is 8.32 Å². The van der Waals surface area contributed by atoms with Crippen molar-refractivity contribution in [3.8, 4) is 0 Å². The summed E-state index contributed by atoms with van der Waals surface area (Å²) in [5.41, 5.74) is 2.16. The molecule has 2 heteroatoms. The predicted octanol–water partition coefficient (Wildman–Crippen LogP) is 4.75. The molecule has 0 aliphatic heterocycles. The average Bonchev–Trinajstić information content (AvgIpc) is 2.53. The van der Waals surface area contributed by atoms with Gasteiger partial charge < -0.3 is 4.43 Å². The molecular weight excluding hydrogens is 224 g/mol. The first-order valence-electron chi connectivity index (χ1n) is 7.20. The van der Waals surface area contributed by atoms with Crippen molar-refractivity contribution in [1.82, 2.24) is 0 Å². The lowest BCUT2D eigenvalue weighted by atomic mass is 9.66. The average molecular weight is 252 g/mol. The Balaban J connectivity index is 2.18. The van der Waals surface area contributed by atoms with Crippen LogP contribution in [0.15, 0.2) is 11.6 Å². The first-order valence-corrected chi connectivity index (χ1v) is 10.6. The van der Waals surface area contributed by atoms with Crippen LogP contribution in [0, 0.1) is 11.3 Å². The van der Waals surface area contributed by atoms with Crippen molar-refractivity contribution < 1.29 is 4.43 Å². The number of rotatable bonds is 2. The van der Waals surface area contributed by atoms with Crippen molar-refractivity contribution in [1.29, 1.82) is 0 Å². The van der Waals surface area contributed by atoms with E-state index in [0.29, 0.717) is 11.5 Å². The van der Waals surface area contributed by atoms with Crippen LogP contribution in [0.3, 0.4) is 0 Å². The minimum Gasteiger partial charge on any atom is -0.414 e. The third-order valence-electron chi connectivity index (χ3n) is 4.76. The molecule has 2 rings (SSSR count). The van der Waals surface area contributed by atoms with Crippen LogP contribution < -0.4 is 0 Å². The summed E-state index contributed by atoms with van der Waals surface area (Å²) in [6.07, 6.45) is 9.59. The van der Waals surface area contributed by atoms with Gasteiger partial charge in [0.25, 0.3) is 0 Å². The zero-order valence-electron chi connectivity index (χ0n) is 12.2.